The molecule has 0 N–H and O–H groups in total. The van der Waals surface area contributed by atoms with E-state index in [1.54, 1.807) is 0 Å². The number of nitrogens with zero attached hydrogens (tertiary/aromatic N) is 6. The Kier molecular flexibility index (Phi) is 9.92. The number of rotatable bonds is 10. The Bertz CT molecular complexity index is 1280. The molecule has 1 atom stereocenters. The first-order valence-corrected chi connectivity index (χ1v) is 19.0. The first-order valence-electron chi connectivity index (χ1n) is 16.1. The molecule has 3 aliphatic rings. The molecule has 232 valence electrons. The van der Waals surface area contributed by atoms with Crippen LogP contribution in [0.3, 0.4) is 0 Å². The van der Waals surface area contributed by atoms with Gasteiger partial charge in [-0.15, -0.1) is 0 Å². The highest BCUT2D eigenvalue weighted by Crippen LogP contribution is 2.38. The third-order valence-electron chi connectivity index (χ3n) is 10.1. The molecule has 4 heterocycles. The molecule has 0 bridgehead atoms. The summed E-state index contributed by atoms with van der Waals surface area (Å²) in [5, 5.41) is 9.06. The van der Waals surface area contributed by atoms with Crippen molar-refractivity contribution < 1.29 is 9.22 Å². The summed E-state index contributed by atoms with van der Waals surface area (Å²) in [4.78, 5) is 27.0. The predicted octanol–water partition coefficient (Wildman–Crippen LogP) is 5.47. The summed E-state index contributed by atoms with van der Waals surface area (Å²) in [5.41, 5.74) is 5.06. The number of nitriles is 1. The average molecular weight is 603 g/mol. The van der Waals surface area contributed by atoms with Gasteiger partial charge in [-0.1, -0.05) is 51.1 Å². The second-order valence-corrected chi connectivity index (χ2v) is 19.0. The number of amides is 2. The van der Waals surface area contributed by atoms with Crippen molar-refractivity contribution in [2.24, 2.45) is 0 Å². The Morgan fingerprint density at radius 3 is 2.37 bits per heavy atom. The monoisotopic (exact) mass is 602 g/mol. The maximum atomic E-state index is 13.6. The summed E-state index contributed by atoms with van der Waals surface area (Å²) in [6.07, 6.45) is 5.16. The van der Waals surface area contributed by atoms with Crippen LogP contribution in [0.5, 0.6) is 0 Å². The Hall–Kier alpha value is -2.77. The molecule has 0 unspecified atom stereocenters. The summed E-state index contributed by atoms with van der Waals surface area (Å²) >= 11 is 0. The fourth-order valence-corrected chi connectivity index (χ4v) is 7.75. The van der Waals surface area contributed by atoms with Crippen molar-refractivity contribution in [2.75, 3.05) is 52.4 Å². The van der Waals surface area contributed by atoms with Gasteiger partial charge in [0.05, 0.1) is 31.0 Å². The quantitative estimate of drug-likeness (QED) is 0.265. The molecule has 43 heavy (non-hydrogen) atoms. The highest BCUT2D eigenvalue weighted by Gasteiger charge is 2.41. The normalized spacial score (nSPS) is 19.9. The van der Waals surface area contributed by atoms with E-state index in [0.717, 1.165) is 64.2 Å². The van der Waals surface area contributed by atoms with E-state index >= 15 is 0 Å². The van der Waals surface area contributed by atoms with Crippen LogP contribution in [0, 0.1) is 11.3 Å². The third-order valence-corrected chi connectivity index (χ3v) is 14.6. The van der Waals surface area contributed by atoms with Gasteiger partial charge in [0.15, 0.2) is 8.32 Å². The van der Waals surface area contributed by atoms with Gasteiger partial charge in [0.1, 0.15) is 0 Å². The van der Waals surface area contributed by atoms with Gasteiger partial charge in [-0.05, 0) is 79.2 Å². The molecule has 8 nitrogen and oxygen atoms in total. The summed E-state index contributed by atoms with van der Waals surface area (Å²) in [6, 6.07) is 15.4. The van der Waals surface area contributed by atoms with E-state index in [-0.39, 0.29) is 17.2 Å². The lowest BCUT2D eigenvalue weighted by Gasteiger charge is -2.42. The van der Waals surface area contributed by atoms with Gasteiger partial charge in [0.2, 0.25) is 0 Å². The number of piperidine rings is 1. The lowest BCUT2D eigenvalue weighted by molar-refractivity contribution is 0.0878. The maximum absolute atomic E-state index is 13.6. The van der Waals surface area contributed by atoms with Gasteiger partial charge in [-0.2, -0.15) is 5.26 Å². The SMILES string of the molecule is CC(C)(C)[Si](C)(C)O[C@H](CN1CCc2ccccc2C1)CN1CCN(Cc2ccc(C3CCN(CC#N)CC3)cn2)C1=O. The van der Waals surface area contributed by atoms with Crippen LogP contribution < -0.4 is 0 Å². The fourth-order valence-electron chi connectivity index (χ4n) is 6.41. The zero-order valence-corrected chi connectivity index (χ0v) is 27.9. The van der Waals surface area contributed by atoms with Crippen LogP contribution in [0.2, 0.25) is 18.1 Å². The number of aromatic nitrogens is 1. The van der Waals surface area contributed by atoms with E-state index in [0.29, 0.717) is 32.1 Å². The van der Waals surface area contributed by atoms with E-state index in [2.05, 4.69) is 86.1 Å². The van der Waals surface area contributed by atoms with Crippen LogP contribution in [-0.4, -0.2) is 97.4 Å². The molecule has 2 amide bonds. The minimum atomic E-state index is -2.03. The molecule has 2 fully saturated rings. The smallest absolute Gasteiger partial charge is 0.320 e. The number of carbonyl (C=O) groups is 1. The molecule has 0 aliphatic carbocycles. The van der Waals surface area contributed by atoms with Gasteiger partial charge in [0.25, 0.3) is 0 Å². The van der Waals surface area contributed by atoms with Crippen LogP contribution in [0.4, 0.5) is 4.79 Å². The topological polar surface area (TPSA) is 75.9 Å². The van der Waals surface area contributed by atoms with Gasteiger partial charge >= 0.3 is 6.03 Å². The van der Waals surface area contributed by atoms with Gasteiger partial charge in [-0.3, -0.25) is 14.8 Å². The van der Waals surface area contributed by atoms with Crippen LogP contribution in [0.25, 0.3) is 0 Å². The molecular formula is C34H50N6O2Si. The Labute approximate surface area is 259 Å². The molecule has 3 aliphatic heterocycles. The second-order valence-electron chi connectivity index (χ2n) is 14.2. The molecule has 2 aromatic rings. The number of urea groups is 1. The number of pyridine rings is 1. The van der Waals surface area contributed by atoms with Crippen molar-refractivity contribution in [3.05, 3.63) is 65.0 Å². The van der Waals surface area contributed by atoms with Crippen molar-refractivity contribution in [3.63, 3.8) is 0 Å². The number of fused-ring (bicyclic) bond motifs is 1. The zero-order chi connectivity index (χ0) is 30.6. The minimum Gasteiger partial charge on any atom is -0.411 e. The molecule has 0 radical (unpaired) electrons. The maximum Gasteiger partial charge on any atom is 0.320 e. The van der Waals surface area contributed by atoms with E-state index in [4.69, 9.17) is 14.7 Å². The number of hydrogen-bond acceptors (Lipinski definition) is 6. The standard InChI is InChI=1S/C34H50N6O2Si/c1-34(2,3)43(4,5)42-32(25-38-18-14-27-8-6-7-9-30(27)23-38)26-40-21-20-39(33(40)41)24-31-11-10-29(22-36-31)28-12-16-37(17-13-28)19-15-35/h6-11,22,28,32H,12-14,16-21,23-26H2,1-5H3/t32-/m1/s1. The van der Waals surface area contributed by atoms with E-state index < -0.39 is 8.32 Å². The zero-order valence-electron chi connectivity index (χ0n) is 26.9. The Morgan fingerprint density at radius 1 is 0.977 bits per heavy atom. The lowest BCUT2D eigenvalue weighted by Crippen LogP contribution is -2.51. The summed E-state index contributed by atoms with van der Waals surface area (Å²) < 4.78 is 7.00. The summed E-state index contributed by atoms with van der Waals surface area (Å²) in [6.45, 7) is 19.3. The van der Waals surface area contributed by atoms with Crippen molar-refractivity contribution in [3.8, 4) is 6.07 Å². The number of likely N-dealkylation sites (tertiary alicyclic amines) is 1. The van der Waals surface area contributed by atoms with Crippen molar-refractivity contribution in [1.29, 1.82) is 5.26 Å². The lowest BCUT2D eigenvalue weighted by atomic mass is 9.90. The Balaban J connectivity index is 1.19. The molecule has 1 aromatic heterocycles. The summed E-state index contributed by atoms with van der Waals surface area (Å²) in [7, 11) is -2.03. The Morgan fingerprint density at radius 2 is 1.70 bits per heavy atom. The molecule has 2 saturated heterocycles. The molecule has 0 saturated carbocycles. The van der Waals surface area contributed by atoms with Crippen molar-refractivity contribution >= 4 is 14.3 Å². The molecule has 9 heteroatoms. The van der Waals surface area contributed by atoms with Gasteiger partial charge in [-0.25, -0.2) is 4.79 Å². The van der Waals surface area contributed by atoms with E-state index in [1.165, 1.54) is 16.7 Å². The average Bonchev–Trinajstić information content (AvgIpc) is 3.31. The minimum absolute atomic E-state index is 0.0213. The predicted molar refractivity (Wildman–Crippen MR) is 173 cm³/mol. The van der Waals surface area contributed by atoms with Crippen LogP contribution >= 0.6 is 0 Å². The highest BCUT2D eigenvalue weighted by atomic mass is 28.4. The van der Waals surface area contributed by atoms with Gasteiger partial charge in [0, 0.05) is 45.5 Å². The van der Waals surface area contributed by atoms with Crippen molar-refractivity contribution in [2.45, 2.75) is 83.3 Å². The number of carbonyl (C=O) groups excluding carboxylic acids is 1. The van der Waals surface area contributed by atoms with Crippen molar-refractivity contribution in [1.82, 2.24) is 24.6 Å². The largest absolute Gasteiger partial charge is 0.411 e. The molecule has 0 spiro atoms. The summed E-state index contributed by atoms with van der Waals surface area (Å²) in [5.74, 6) is 0.492. The van der Waals surface area contributed by atoms with Crippen LogP contribution in [0.1, 0.15) is 61.9 Å². The highest BCUT2D eigenvalue weighted by molar-refractivity contribution is 6.74. The first kappa shape index (κ1) is 31.6. The van der Waals surface area contributed by atoms with Crippen LogP contribution in [-0.2, 0) is 23.9 Å². The molecule has 5 rings (SSSR count). The van der Waals surface area contributed by atoms with Crippen LogP contribution in [0.15, 0.2) is 42.6 Å². The van der Waals surface area contributed by atoms with E-state index in [9.17, 15) is 4.79 Å². The van der Waals surface area contributed by atoms with E-state index in [1.807, 2.05) is 16.0 Å². The number of benzene rings is 1. The van der Waals surface area contributed by atoms with Gasteiger partial charge < -0.3 is 14.2 Å². The molecule has 1 aromatic carbocycles. The second kappa shape index (κ2) is 13.5. The third kappa shape index (κ3) is 7.85. The number of hydrogen-bond donors (Lipinski definition) is 0. The fraction of sp³-hybridized carbons (Fsp3) is 0.618. The first-order chi connectivity index (χ1) is 20.5. The molecular weight excluding hydrogens is 553 g/mol.